The van der Waals surface area contributed by atoms with Gasteiger partial charge in [0.15, 0.2) is 0 Å². The maximum Gasteiger partial charge on any atom is 0.223 e. The summed E-state index contributed by atoms with van der Waals surface area (Å²) in [5, 5.41) is 3.38. The van der Waals surface area contributed by atoms with Gasteiger partial charge in [-0.2, -0.15) is 0 Å². The Hall–Kier alpha value is -0.280. The molecule has 0 aromatic rings. The Morgan fingerprint density at radius 3 is 2.32 bits per heavy atom. The Kier molecular flexibility index (Phi) is 6.58. The number of fused-ring (bicyclic) bond motifs is 2. The van der Waals surface area contributed by atoms with Gasteiger partial charge in [0.1, 0.15) is 0 Å². The lowest BCUT2D eigenvalue weighted by molar-refractivity contribution is -0.129. The fourth-order valence-corrected chi connectivity index (χ4v) is 5.12. The molecule has 2 bridgehead atoms. The van der Waals surface area contributed by atoms with Gasteiger partial charge in [0.2, 0.25) is 5.91 Å². The van der Waals surface area contributed by atoms with Crippen molar-refractivity contribution >= 4 is 18.3 Å². The smallest absolute Gasteiger partial charge is 0.223 e. The second kappa shape index (κ2) is 8.01. The van der Waals surface area contributed by atoms with Crippen LogP contribution in [0.4, 0.5) is 0 Å². The summed E-state index contributed by atoms with van der Waals surface area (Å²) in [6.45, 7) is 2.28. The van der Waals surface area contributed by atoms with Crippen LogP contribution in [0.25, 0.3) is 0 Å². The summed E-state index contributed by atoms with van der Waals surface area (Å²) in [6.07, 6.45) is 12.1. The highest BCUT2D eigenvalue weighted by atomic mass is 35.5. The van der Waals surface area contributed by atoms with E-state index in [1.807, 2.05) is 0 Å². The average Bonchev–Trinajstić information content (AvgIpc) is 2.47. The van der Waals surface area contributed by atoms with Crippen molar-refractivity contribution < 1.29 is 4.79 Å². The first-order valence-corrected chi connectivity index (χ1v) is 9.23. The molecule has 4 unspecified atom stereocenters. The minimum absolute atomic E-state index is 0. The molecule has 3 rings (SSSR count). The van der Waals surface area contributed by atoms with Crippen molar-refractivity contribution in [3.8, 4) is 0 Å². The van der Waals surface area contributed by atoms with Gasteiger partial charge >= 0.3 is 0 Å². The van der Waals surface area contributed by atoms with E-state index in [2.05, 4.69) is 12.2 Å². The maximum absolute atomic E-state index is 12.6. The van der Waals surface area contributed by atoms with Crippen molar-refractivity contribution in [2.75, 3.05) is 0 Å². The zero-order chi connectivity index (χ0) is 14.8. The Morgan fingerprint density at radius 1 is 1.05 bits per heavy atom. The van der Waals surface area contributed by atoms with Gasteiger partial charge in [0.05, 0.1) is 0 Å². The van der Waals surface area contributed by atoms with Crippen molar-refractivity contribution in [2.24, 2.45) is 29.4 Å². The third kappa shape index (κ3) is 3.97. The van der Waals surface area contributed by atoms with Crippen molar-refractivity contribution in [2.45, 2.75) is 83.2 Å². The molecule has 0 saturated heterocycles. The summed E-state index contributed by atoms with van der Waals surface area (Å²) < 4.78 is 0. The van der Waals surface area contributed by atoms with E-state index in [0.29, 0.717) is 29.8 Å². The van der Waals surface area contributed by atoms with E-state index in [0.717, 1.165) is 18.8 Å². The van der Waals surface area contributed by atoms with Crippen LogP contribution in [0, 0.1) is 23.7 Å². The summed E-state index contributed by atoms with van der Waals surface area (Å²) in [4.78, 5) is 12.6. The SMILES string of the molecule is CCC1CCCC(NC(=O)C2CC3CCCC(C2)C3N)C1.Cl. The minimum Gasteiger partial charge on any atom is -0.353 e. The van der Waals surface area contributed by atoms with Crippen LogP contribution in [-0.4, -0.2) is 18.0 Å². The molecule has 22 heavy (non-hydrogen) atoms. The number of nitrogens with one attached hydrogen (secondary N) is 1. The lowest BCUT2D eigenvalue weighted by Gasteiger charge is -2.44. The number of nitrogens with two attached hydrogens (primary N) is 1. The zero-order valence-corrected chi connectivity index (χ0v) is 14.7. The van der Waals surface area contributed by atoms with Crippen LogP contribution >= 0.6 is 12.4 Å². The second-order valence-electron chi connectivity index (χ2n) is 7.84. The van der Waals surface area contributed by atoms with Gasteiger partial charge in [-0.05, 0) is 56.3 Å². The van der Waals surface area contributed by atoms with E-state index in [1.54, 1.807) is 0 Å². The van der Waals surface area contributed by atoms with E-state index in [-0.39, 0.29) is 18.3 Å². The molecular formula is C18H33ClN2O. The van der Waals surface area contributed by atoms with Crippen LogP contribution in [0.2, 0.25) is 0 Å². The van der Waals surface area contributed by atoms with Gasteiger partial charge in [-0.25, -0.2) is 0 Å². The highest BCUT2D eigenvalue weighted by Crippen LogP contribution is 2.42. The van der Waals surface area contributed by atoms with Gasteiger partial charge < -0.3 is 11.1 Å². The van der Waals surface area contributed by atoms with E-state index >= 15 is 0 Å². The average molecular weight is 329 g/mol. The first kappa shape index (κ1) is 18.1. The zero-order valence-electron chi connectivity index (χ0n) is 13.9. The summed E-state index contributed by atoms with van der Waals surface area (Å²) in [5.74, 6) is 2.59. The summed E-state index contributed by atoms with van der Waals surface area (Å²) in [7, 11) is 0. The number of halogens is 1. The standard InChI is InChI=1S/C18H32N2O.ClH/c1-2-12-5-3-8-16(9-12)20-18(21)15-10-13-6-4-7-14(11-15)17(13)19;/h12-17H,2-11,19H2,1H3,(H,20,21);1H. The number of carbonyl (C=O) groups excluding carboxylic acids is 1. The molecule has 3 fully saturated rings. The summed E-state index contributed by atoms with van der Waals surface area (Å²) in [5.41, 5.74) is 6.34. The Balaban J connectivity index is 0.00000176. The highest BCUT2D eigenvalue weighted by molar-refractivity contribution is 5.85. The summed E-state index contributed by atoms with van der Waals surface area (Å²) >= 11 is 0. The van der Waals surface area contributed by atoms with Crippen LogP contribution in [0.1, 0.15) is 71.1 Å². The van der Waals surface area contributed by atoms with Crippen LogP contribution in [0.3, 0.4) is 0 Å². The number of amides is 1. The normalized spacial score (nSPS) is 41.4. The fraction of sp³-hybridized carbons (Fsp3) is 0.944. The monoisotopic (exact) mass is 328 g/mol. The number of carbonyl (C=O) groups is 1. The van der Waals surface area contributed by atoms with Crippen LogP contribution in [0.15, 0.2) is 0 Å². The predicted octanol–water partition coefficient (Wildman–Crippen LogP) is 3.65. The van der Waals surface area contributed by atoms with Crippen molar-refractivity contribution in [3.05, 3.63) is 0 Å². The molecule has 4 heteroatoms. The second-order valence-corrected chi connectivity index (χ2v) is 7.84. The van der Waals surface area contributed by atoms with E-state index in [9.17, 15) is 4.79 Å². The molecule has 3 aliphatic rings. The quantitative estimate of drug-likeness (QED) is 0.831. The Morgan fingerprint density at radius 2 is 1.68 bits per heavy atom. The fourth-order valence-electron chi connectivity index (χ4n) is 5.12. The van der Waals surface area contributed by atoms with Gasteiger partial charge in [-0.3, -0.25) is 4.79 Å². The molecule has 3 aliphatic carbocycles. The molecule has 1 amide bonds. The van der Waals surface area contributed by atoms with Gasteiger partial charge in [-0.1, -0.05) is 32.6 Å². The van der Waals surface area contributed by atoms with Crippen LogP contribution in [0.5, 0.6) is 0 Å². The molecule has 3 saturated carbocycles. The van der Waals surface area contributed by atoms with E-state index in [1.165, 1.54) is 51.4 Å². The predicted molar refractivity (Wildman–Crippen MR) is 93.0 cm³/mol. The first-order chi connectivity index (χ1) is 10.2. The van der Waals surface area contributed by atoms with Crippen LogP contribution < -0.4 is 11.1 Å². The largest absolute Gasteiger partial charge is 0.353 e. The molecule has 0 aromatic heterocycles. The molecule has 3 N–H and O–H groups in total. The number of hydrogen-bond donors (Lipinski definition) is 2. The molecule has 3 nitrogen and oxygen atoms in total. The third-order valence-corrected chi connectivity index (χ3v) is 6.49. The molecule has 0 radical (unpaired) electrons. The van der Waals surface area contributed by atoms with Gasteiger partial charge in [0, 0.05) is 18.0 Å². The number of hydrogen-bond acceptors (Lipinski definition) is 2. The van der Waals surface area contributed by atoms with Gasteiger partial charge in [0.25, 0.3) is 0 Å². The molecule has 128 valence electrons. The lowest BCUT2D eigenvalue weighted by atomic mass is 9.65. The summed E-state index contributed by atoms with van der Waals surface area (Å²) in [6, 6.07) is 0.800. The highest BCUT2D eigenvalue weighted by Gasteiger charge is 2.40. The first-order valence-electron chi connectivity index (χ1n) is 9.23. The topological polar surface area (TPSA) is 55.1 Å². The van der Waals surface area contributed by atoms with Crippen molar-refractivity contribution in [3.63, 3.8) is 0 Å². The van der Waals surface area contributed by atoms with Gasteiger partial charge in [-0.15, -0.1) is 12.4 Å². The molecule has 0 aromatic carbocycles. The molecule has 4 atom stereocenters. The molecular weight excluding hydrogens is 296 g/mol. The molecule has 0 heterocycles. The Bertz CT molecular complexity index is 362. The molecule has 0 spiro atoms. The lowest BCUT2D eigenvalue weighted by Crippen LogP contribution is -2.50. The maximum atomic E-state index is 12.6. The minimum atomic E-state index is 0. The van der Waals surface area contributed by atoms with Crippen molar-refractivity contribution in [1.29, 1.82) is 0 Å². The molecule has 0 aliphatic heterocycles. The third-order valence-electron chi connectivity index (χ3n) is 6.49. The number of rotatable bonds is 3. The Labute approximate surface area is 141 Å². The van der Waals surface area contributed by atoms with E-state index < -0.39 is 0 Å². The van der Waals surface area contributed by atoms with Crippen molar-refractivity contribution in [1.82, 2.24) is 5.32 Å². The van der Waals surface area contributed by atoms with Crippen LogP contribution in [-0.2, 0) is 4.79 Å². The van der Waals surface area contributed by atoms with E-state index in [4.69, 9.17) is 5.73 Å².